The Morgan fingerprint density at radius 2 is 0.659 bits per heavy atom. The van der Waals surface area contributed by atoms with Crippen LogP contribution in [0.5, 0.6) is 0 Å². The summed E-state index contributed by atoms with van der Waals surface area (Å²) < 4.78 is 4.54. The zero-order chi connectivity index (χ0) is 29.0. The van der Waals surface area contributed by atoms with Crippen molar-refractivity contribution in [3.8, 4) is 34.2 Å². The van der Waals surface area contributed by atoms with Crippen LogP contribution in [-0.4, -0.2) is 19.1 Å². The summed E-state index contributed by atoms with van der Waals surface area (Å²) >= 11 is 0. The van der Waals surface area contributed by atoms with Crippen molar-refractivity contribution in [1.82, 2.24) is 19.1 Å². The summed E-state index contributed by atoms with van der Waals surface area (Å²) in [5.74, 6) is 2.34. The number of para-hydroxylation sites is 4. The Bertz CT molecular complexity index is 2250. The van der Waals surface area contributed by atoms with E-state index < -0.39 is 0 Å². The lowest BCUT2D eigenvalue weighted by molar-refractivity contribution is 0.994. The number of rotatable bonds is 4. The van der Waals surface area contributed by atoms with Crippen LogP contribution >= 0.6 is 0 Å². The molecule has 9 rings (SSSR count). The van der Waals surface area contributed by atoms with Crippen LogP contribution in [0.25, 0.3) is 77.8 Å². The topological polar surface area (TPSA) is 35.6 Å². The van der Waals surface area contributed by atoms with E-state index in [1.54, 1.807) is 0 Å². The number of hydrogen-bond acceptors (Lipinski definition) is 2. The summed E-state index contributed by atoms with van der Waals surface area (Å²) in [4.78, 5) is 10.5. The molecule has 44 heavy (non-hydrogen) atoms. The van der Waals surface area contributed by atoms with Crippen molar-refractivity contribution in [2.75, 3.05) is 0 Å². The van der Waals surface area contributed by atoms with E-state index in [2.05, 4.69) is 161 Å². The maximum absolute atomic E-state index is 5.26. The molecular formula is C40H26N4. The van der Waals surface area contributed by atoms with E-state index in [9.17, 15) is 0 Å². The predicted octanol–water partition coefficient (Wildman–Crippen LogP) is 10.0. The highest BCUT2D eigenvalue weighted by atomic mass is 15.1. The van der Waals surface area contributed by atoms with Gasteiger partial charge in [-0.1, -0.05) is 127 Å². The summed E-state index contributed by atoms with van der Waals surface area (Å²) in [6.07, 6.45) is 0. The SMILES string of the molecule is c1ccc(-c2ccc(-c3nc(-n4c5ccccc5c5ccccc54)cc(-n4c5ccccc5c5ccccc54)n3)cc2)cc1. The fraction of sp³-hybridized carbons (Fsp3) is 0. The molecule has 0 amide bonds. The number of hydrogen-bond donors (Lipinski definition) is 0. The molecule has 0 bridgehead atoms. The highest BCUT2D eigenvalue weighted by Gasteiger charge is 2.19. The van der Waals surface area contributed by atoms with Gasteiger partial charge in [-0.15, -0.1) is 0 Å². The van der Waals surface area contributed by atoms with E-state index in [0.29, 0.717) is 5.82 Å². The third kappa shape index (κ3) is 3.78. The summed E-state index contributed by atoms with van der Waals surface area (Å²) in [5, 5.41) is 4.81. The van der Waals surface area contributed by atoms with Gasteiger partial charge < -0.3 is 0 Å². The van der Waals surface area contributed by atoms with Gasteiger partial charge in [-0.25, -0.2) is 9.97 Å². The third-order valence-electron chi connectivity index (χ3n) is 8.57. The Hall–Kier alpha value is -6.00. The van der Waals surface area contributed by atoms with Crippen molar-refractivity contribution in [3.63, 3.8) is 0 Å². The van der Waals surface area contributed by atoms with Gasteiger partial charge in [0.05, 0.1) is 22.1 Å². The van der Waals surface area contributed by atoms with E-state index in [4.69, 9.17) is 9.97 Å². The molecule has 0 aliphatic carbocycles. The van der Waals surface area contributed by atoms with Gasteiger partial charge in [0.25, 0.3) is 0 Å². The molecule has 0 radical (unpaired) electrons. The van der Waals surface area contributed by atoms with Crippen LogP contribution in [0.3, 0.4) is 0 Å². The first-order chi connectivity index (χ1) is 21.8. The minimum Gasteiger partial charge on any atom is -0.294 e. The van der Waals surface area contributed by atoms with Crippen LogP contribution in [0.2, 0.25) is 0 Å². The summed E-state index contributed by atoms with van der Waals surface area (Å²) in [5.41, 5.74) is 7.78. The van der Waals surface area contributed by atoms with E-state index >= 15 is 0 Å². The molecule has 0 fully saturated rings. The average Bonchev–Trinajstić information content (AvgIpc) is 3.62. The molecule has 4 heteroatoms. The van der Waals surface area contributed by atoms with Crippen molar-refractivity contribution in [3.05, 3.63) is 158 Å². The van der Waals surface area contributed by atoms with Crippen LogP contribution in [0.1, 0.15) is 0 Å². The fourth-order valence-corrected chi connectivity index (χ4v) is 6.56. The molecular weight excluding hydrogens is 536 g/mol. The molecule has 3 aromatic heterocycles. The largest absolute Gasteiger partial charge is 0.294 e. The molecule has 0 aliphatic heterocycles. The Balaban J connectivity index is 1.34. The minimum atomic E-state index is 0.681. The molecule has 206 valence electrons. The highest BCUT2D eigenvalue weighted by Crippen LogP contribution is 2.35. The normalized spacial score (nSPS) is 11.6. The minimum absolute atomic E-state index is 0.681. The number of nitrogens with zero attached hydrogens (tertiary/aromatic N) is 4. The monoisotopic (exact) mass is 562 g/mol. The fourth-order valence-electron chi connectivity index (χ4n) is 6.56. The van der Waals surface area contributed by atoms with Crippen molar-refractivity contribution in [2.45, 2.75) is 0 Å². The molecule has 0 N–H and O–H groups in total. The summed E-state index contributed by atoms with van der Waals surface area (Å²) in [6, 6.07) is 55.3. The first kappa shape index (κ1) is 24.6. The molecule has 3 heterocycles. The van der Waals surface area contributed by atoms with Gasteiger partial charge in [0.15, 0.2) is 5.82 Å². The lowest BCUT2D eigenvalue weighted by Crippen LogP contribution is -2.06. The van der Waals surface area contributed by atoms with Gasteiger partial charge >= 0.3 is 0 Å². The highest BCUT2D eigenvalue weighted by molar-refractivity contribution is 6.10. The van der Waals surface area contributed by atoms with Crippen LogP contribution in [0.4, 0.5) is 0 Å². The maximum Gasteiger partial charge on any atom is 0.163 e. The summed E-state index contributed by atoms with van der Waals surface area (Å²) in [7, 11) is 0. The first-order valence-electron chi connectivity index (χ1n) is 14.9. The zero-order valence-corrected chi connectivity index (χ0v) is 23.8. The van der Waals surface area contributed by atoms with Crippen molar-refractivity contribution in [1.29, 1.82) is 0 Å². The first-order valence-corrected chi connectivity index (χ1v) is 14.9. The molecule has 0 saturated heterocycles. The second-order valence-corrected chi connectivity index (χ2v) is 11.1. The van der Waals surface area contributed by atoms with E-state index in [1.807, 2.05) is 6.07 Å². The quantitative estimate of drug-likeness (QED) is 0.214. The van der Waals surface area contributed by atoms with Crippen LogP contribution < -0.4 is 0 Å². The standard InChI is InChI=1S/C40H26N4/c1-2-12-27(13-3-1)28-22-24-29(25-23-28)40-41-38(43-34-18-8-4-14-30(34)31-15-5-9-19-35(31)43)26-39(42-40)44-36-20-10-6-16-32(36)33-17-7-11-21-37(33)44/h1-26H. The number of aromatic nitrogens is 4. The van der Waals surface area contributed by atoms with E-state index in [1.165, 1.54) is 27.1 Å². The van der Waals surface area contributed by atoms with Gasteiger partial charge in [0.1, 0.15) is 11.6 Å². The average molecular weight is 563 g/mol. The van der Waals surface area contributed by atoms with Gasteiger partial charge in [-0.05, 0) is 35.4 Å². The molecule has 0 saturated carbocycles. The molecule has 0 unspecified atom stereocenters. The number of fused-ring (bicyclic) bond motifs is 6. The Kier molecular flexibility index (Phi) is 5.47. The Morgan fingerprint density at radius 3 is 1.09 bits per heavy atom. The number of benzene rings is 6. The molecule has 9 aromatic rings. The second kappa shape index (κ2) is 9.79. The van der Waals surface area contributed by atoms with Crippen LogP contribution in [0, 0.1) is 0 Å². The van der Waals surface area contributed by atoms with Gasteiger partial charge in [-0.2, -0.15) is 0 Å². The third-order valence-corrected chi connectivity index (χ3v) is 8.57. The lowest BCUT2D eigenvalue weighted by Gasteiger charge is -2.14. The van der Waals surface area contributed by atoms with Crippen LogP contribution in [0.15, 0.2) is 158 Å². The lowest BCUT2D eigenvalue weighted by atomic mass is 10.0. The molecule has 4 nitrogen and oxygen atoms in total. The second-order valence-electron chi connectivity index (χ2n) is 11.1. The van der Waals surface area contributed by atoms with E-state index in [0.717, 1.165) is 44.8 Å². The zero-order valence-electron chi connectivity index (χ0n) is 23.8. The maximum atomic E-state index is 5.26. The van der Waals surface area contributed by atoms with Crippen molar-refractivity contribution in [2.24, 2.45) is 0 Å². The van der Waals surface area contributed by atoms with Crippen molar-refractivity contribution >= 4 is 43.6 Å². The molecule has 0 spiro atoms. The van der Waals surface area contributed by atoms with Gasteiger partial charge in [0, 0.05) is 33.2 Å². The van der Waals surface area contributed by atoms with Gasteiger partial charge in [0.2, 0.25) is 0 Å². The Morgan fingerprint density at radius 1 is 0.318 bits per heavy atom. The summed E-state index contributed by atoms with van der Waals surface area (Å²) in [6.45, 7) is 0. The molecule has 0 aliphatic rings. The smallest absolute Gasteiger partial charge is 0.163 e. The van der Waals surface area contributed by atoms with E-state index in [-0.39, 0.29) is 0 Å². The predicted molar refractivity (Wildman–Crippen MR) is 182 cm³/mol. The Labute approximate surface area is 254 Å². The van der Waals surface area contributed by atoms with Crippen molar-refractivity contribution < 1.29 is 0 Å². The van der Waals surface area contributed by atoms with Crippen LogP contribution in [-0.2, 0) is 0 Å². The van der Waals surface area contributed by atoms with Gasteiger partial charge in [-0.3, -0.25) is 9.13 Å². The molecule has 0 atom stereocenters. The molecule has 6 aromatic carbocycles.